The summed E-state index contributed by atoms with van der Waals surface area (Å²) in [6.45, 7) is 4.78. The molecular weight excluding hydrogens is 262 g/mol. The van der Waals surface area contributed by atoms with Crippen molar-refractivity contribution in [2.24, 2.45) is 0 Å². The van der Waals surface area contributed by atoms with E-state index in [0.29, 0.717) is 13.2 Å². The lowest BCUT2D eigenvalue weighted by Crippen LogP contribution is -2.33. The summed E-state index contributed by atoms with van der Waals surface area (Å²) in [5.41, 5.74) is 0. The average Bonchev–Trinajstić information content (AvgIpc) is 2.95. The number of hydrogen-bond donors (Lipinski definition) is 0. The van der Waals surface area contributed by atoms with Gasteiger partial charge in [-0.2, -0.15) is 0 Å². The van der Waals surface area contributed by atoms with E-state index in [2.05, 4.69) is 9.64 Å². The summed E-state index contributed by atoms with van der Waals surface area (Å²) in [4.78, 5) is 13.6. The van der Waals surface area contributed by atoms with Crippen molar-refractivity contribution in [1.29, 1.82) is 0 Å². The quantitative estimate of drug-likeness (QED) is 0.644. The van der Waals surface area contributed by atoms with E-state index in [1.807, 2.05) is 6.92 Å². The van der Waals surface area contributed by atoms with Crippen LogP contribution in [0.1, 0.15) is 29.3 Å². The van der Waals surface area contributed by atoms with Crippen molar-refractivity contribution in [2.75, 3.05) is 47.6 Å². The van der Waals surface area contributed by atoms with Crippen LogP contribution in [-0.4, -0.2) is 58.5 Å². The zero-order valence-corrected chi connectivity index (χ0v) is 12.5. The fourth-order valence-electron chi connectivity index (χ4n) is 1.88. The molecule has 0 spiro atoms. The van der Waals surface area contributed by atoms with E-state index < -0.39 is 5.97 Å². The second kappa shape index (κ2) is 8.73. The largest absolute Gasteiger partial charge is 0.463 e. The molecule has 0 aliphatic heterocycles. The van der Waals surface area contributed by atoms with Crippen LogP contribution in [0.3, 0.4) is 0 Å². The first-order chi connectivity index (χ1) is 9.63. The maximum atomic E-state index is 11.4. The smallest absolute Gasteiger partial charge is 0.373 e. The Kier molecular flexibility index (Phi) is 7.28. The first-order valence-electron chi connectivity index (χ1n) is 6.54. The number of methoxy groups -OCH3 is 3. The minimum atomic E-state index is -0.469. The van der Waals surface area contributed by atoms with E-state index in [1.54, 1.807) is 26.4 Å². The Morgan fingerprint density at radius 2 is 1.80 bits per heavy atom. The summed E-state index contributed by atoms with van der Waals surface area (Å²) < 4.78 is 20.4. The highest BCUT2D eigenvalue weighted by molar-refractivity contribution is 5.86. The van der Waals surface area contributed by atoms with E-state index in [1.165, 1.54) is 7.11 Å². The highest BCUT2D eigenvalue weighted by atomic mass is 16.5. The molecular formula is C14H23NO5. The molecule has 1 heterocycles. The van der Waals surface area contributed by atoms with Gasteiger partial charge in [-0.1, -0.05) is 0 Å². The van der Waals surface area contributed by atoms with E-state index in [-0.39, 0.29) is 11.8 Å². The molecule has 6 nitrogen and oxygen atoms in total. The van der Waals surface area contributed by atoms with E-state index in [9.17, 15) is 4.79 Å². The Morgan fingerprint density at radius 1 is 1.20 bits per heavy atom. The van der Waals surface area contributed by atoms with Gasteiger partial charge in [0.2, 0.25) is 5.76 Å². The average molecular weight is 285 g/mol. The number of furan rings is 1. The lowest BCUT2D eigenvalue weighted by atomic mass is 10.2. The highest BCUT2D eigenvalue weighted by Crippen LogP contribution is 2.22. The molecule has 1 unspecified atom stereocenters. The second-order valence-corrected chi connectivity index (χ2v) is 4.39. The van der Waals surface area contributed by atoms with Gasteiger partial charge in [-0.25, -0.2) is 4.79 Å². The molecule has 1 aromatic heterocycles. The van der Waals surface area contributed by atoms with Gasteiger partial charge in [-0.3, -0.25) is 4.90 Å². The minimum Gasteiger partial charge on any atom is -0.463 e. The molecule has 0 saturated carbocycles. The topological polar surface area (TPSA) is 61.1 Å². The van der Waals surface area contributed by atoms with Gasteiger partial charge in [-0.05, 0) is 19.1 Å². The maximum absolute atomic E-state index is 11.4. The van der Waals surface area contributed by atoms with Crippen LogP contribution in [0.5, 0.6) is 0 Å². The molecule has 0 aromatic carbocycles. The number of nitrogens with zero attached hydrogens (tertiary/aromatic N) is 1. The van der Waals surface area contributed by atoms with Crippen LogP contribution in [-0.2, 0) is 14.2 Å². The number of ether oxygens (including phenoxy) is 3. The van der Waals surface area contributed by atoms with Gasteiger partial charge < -0.3 is 18.6 Å². The van der Waals surface area contributed by atoms with Crippen LogP contribution in [0, 0.1) is 0 Å². The number of hydrogen-bond acceptors (Lipinski definition) is 6. The number of carbonyl (C=O) groups is 1. The summed E-state index contributed by atoms with van der Waals surface area (Å²) in [5.74, 6) is 0.467. The number of carbonyl (C=O) groups excluding carboxylic acids is 1. The van der Waals surface area contributed by atoms with Crippen LogP contribution < -0.4 is 0 Å². The molecule has 0 aliphatic rings. The molecule has 0 aliphatic carbocycles. The van der Waals surface area contributed by atoms with Crippen LogP contribution in [0.2, 0.25) is 0 Å². The third-order valence-electron chi connectivity index (χ3n) is 3.14. The Hall–Kier alpha value is -1.37. The Bertz CT molecular complexity index is 396. The Morgan fingerprint density at radius 3 is 2.30 bits per heavy atom. The molecule has 1 aromatic rings. The molecule has 20 heavy (non-hydrogen) atoms. The molecule has 0 fully saturated rings. The lowest BCUT2D eigenvalue weighted by Gasteiger charge is -2.27. The van der Waals surface area contributed by atoms with Crippen molar-refractivity contribution in [3.8, 4) is 0 Å². The molecule has 6 heteroatoms. The molecule has 0 amide bonds. The maximum Gasteiger partial charge on any atom is 0.373 e. The molecule has 0 bridgehead atoms. The van der Waals surface area contributed by atoms with Crippen molar-refractivity contribution in [3.05, 3.63) is 23.7 Å². The number of esters is 1. The molecule has 0 saturated heterocycles. The third kappa shape index (κ3) is 4.63. The van der Waals surface area contributed by atoms with E-state index >= 15 is 0 Å². The van der Waals surface area contributed by atoms with Crippen molar-refractivity contribution in [3.63, 3.8) is 0 Å². The van der Waals surface area contributed by atoms with Gasteiger partial charge in [0.25, 0.3) is 0 Å². The summed E-state index contributed by atoms with van der Waals surface area (Å²) in [5, 5.41) is 0. The zero-order valence-electron chi connectivity index (χ0n) is 12.5. The van der Waals surface area contributed by atoms with Crippen molar-refractivity contribution < 1.29 is 23.4 Å². The normalized spacial score (nSPS) is 12.7. The zero-order chi connectivity index (χ0) is 15.0. The van der Waals surface area contributed by atoms with Gasteiger partial charge in [0.1, 0.15) is 5.76 Å². The SMILES string of the molecule is COCCN(CCOC)C(C)c1ccc(C(=O)OC)o1. The first-order valence-corrected chi connectivity index (χ1v) is 6.54. The standard InChI is InChI=1S/C14H23NO5/c1-11(15(7-9-17-2)8-10-18-3)12-5-6-13(20-12)14(16)19-4/h5-6,11H,7-10H2,1-4H3. The van der Waals surface area contributed by atoms with E-state index in [0.717, 1.165) is 18.8 Å². The second-order valence-electron chi connectivity index (χ2n) is 4.39. The van der Waals surface area contributed by atoms with Crippen LogP contribution in [0.25, 0.3) is 0 Å². The van der Waals surface area contributed by atoms with Crippen molar-refractivity contribution in [2.45, 2.75) is 13.0 Å². The predicted molar refractivity (Wildman–Crippen MR) is 73.8 cm³/mol. The summed E-state index contributed by atoms with van der Waals surface area (Å²) in [7, 11) is 4.67. The van der Waals surface area contributed by atoms with Gasteiger partial charge in [0, 0.05) is 27.3 Å². The molecule has 114 valence electrons. The first kappa shape index (κ1) is 16.7. The third-order valence-corrected chi connectivity index (χ3v) is 3.14. The fraction of sp³-hybridized carbons (Fsp3) is 0.643. The lowest BCUT2D eigenvalue weighted by molar-refractivity contribution is 0.0551. The highest BCUT2D eigenvalue weighted by Gasteiger charge is 2.20. The summed E-state index contributed by atoms with van der Waals surface area (Å²) in [6.07, 6.45) is 0. The van der Waals surface area contributed by atoms with Gasteiger partial charge in [0.15, 0.2) is 0 Å². The molecule has 1 atom stereocenters. The Labute approximate surface area is 119 Å². The van der Waals surface area contributed by atoms with Gasteiger partial charge >= 0.3 is 5.97 Å². The van der Waals surface area contributed by atoms with Gasteiger partial charge in [-0.15, -0.1) is 0 Å². The molecule has 1 rings (SSSR count). The Balaban J connectivity index is 2.73. The van der Waals surface area contributed by atoms with Crippen LogP contribution in [0.4, 0.5) is 0 Å². The fourth-order valence-corrected chi connectivity index (χ4v) is 1.88. The number of rotatable bonds is 9. The van der Waals surface area contributed by atoms with Crippen LogP contribution >= 0.6 is 0 Å². The van der Waals surface area contributed by atoms with Crippen molar-refractivity contribution in [1.82, 2.24) is 4.90 Å². The van der Waals surface area contributed by atoms with E-state index in [4.69, 9.17) is 13.9 Å². The van der Waals surface area contributed by atoms with Gasteiger partial charge in [0.05, 0.1) is 26.4 Å². The predicted octanol–water partition coefficient (Wildman–Crippen LogP) is 1.72. The molecule has 0 N–H and O–H groups in total. The minimum absolute atomic E-state index is 0.0266. The van der Waals surface area contributed by atoms with Crippen molar-refractivity contribution >= 4 is 5.97 Å². The summed E-state index contributed by atoms with van der Waals surface area (Å²) >= 11 is 0. The monoisotopic (exact) mass is 285 g/mol. The van der Waals surface area contributed by atoms with Crippen LogP contribution in [0.15, 0.2) is 16.5 Å². The molecule has 0 radical (unpaired) electrons. The summed E-state index contributed by atoms with van der Waals surface area (Å²) in [6, 6.07) is 3.45.